The van der Waals surface area contributed by atoms with Gasteiger partial charge in [-0.05, 0) is 77.9 Å². The summed E-state index contributed by atoms with van der Waals surface area (Å²) in [6.07, 6.45) is 0. The molecule has 4 rings (SSSR count). The minimum absolute atomic E-state index is 0.159. The highest BCUT2D eigenvalue weighted by Gasteiger charge is 2.17. The van der Waals surface area contributed by atoms with Crippen LogP contribution in [-0.4, -0.2) is 32.5 Å². The third-order valence-electron chi connectivity index (χ3n) is 5.41. The van der Waals surface area contributed by atoms with Gasteiger partial charge in [-0.3, -0.25) is 9.52 Å². The van der Waals surface area contributed by atoms with E-state index in [9.17, 15) is 27.5 Å². The minimum atomic E-state index is -4.11. The van der Waals surface area contributed by atoms with Gasteiger partial charge in [0.15, 0.2) is 0 Å². The fraction of sp³-hybridized carbons (Fsp3) is 0.0370. The molecule has 0 heterocycles. The number of carbonyl (C=O) groups is 2. The lowest BCUT2D eigenvalue weighted by molar-refractivity contribution is 0.0600. The van der Waals surface area contributed by atoms with Crippen molar-refractivity contribution in [2.75, 3.05) is 17.1 Å². The number of hydrogen-bond donors (Lipinski definition) is 3. The van der Waals surface area contributed by atoms with Gasteiger partial charge in [-0.25, -0.2) is 17.6 Å². The monoisotopic (exact) mass is 520 g/mol. The molecule has 3 N–H and O–H groups in total. The van der Waals surface area contributed by atoms with Gasteiger partial charge in [0, 0.05) is 11.3 Å². The van der Waals surface area contributed by atoms with Crippen molar-refractivity contribution in [3.05, 3.63) is 108 Å². The van der Waals surface area contributed by atoms with Crippen molar-refractivity contribution >= 4 is 33.3 Å². The number of hydrogen-bond acceptors (Lipinski definition) is 6. The molecule has 0 spiro atoms. The summed E-state index contributed by atoms with van der Waals surface area (Å²) in [5.74, 6) is -1.83. The molecule has 188 valence electrons. The molecular weight excluding hydrogens is 499 g/mol. The van der Waals surface area contributed by atoms with Crippen LogP contribution >= 0.6 is 0 Å². The molecule has 0 aromatic heterocycles. The SMILES string of the molecule is COC(=O)c1ccc(-c2ccc(C(=O)Nc3ccc(O)c(NS(=O)(=O)c4ccc(F)cc4)c3)cc2)cc1. The normalized spacial score (nSPS) is 11.0. The molecule has 10 heteroatoms. The number of phenols is 1. The summed E-state index contributed by atoms with van der Waals surface area (Å²) in [4.78, 5) is 24.1. The van der Waals surface area contributed by atoms with Gasteiger partial charge >= 0.3 is 5.97 Å². The van der Waals surface area contributed by atoms with Crippen molar-refractivity contribution in [2.24, 2.45) is 0 Å². The molecule has 0 saturated carbocycles. The van der Waals surface area contributed by atoms with Gasteiger partial charge in [0.05, 0.1) is 23.3 Å². The van der Waals surface area contributed by atoms with Crippen LogP contribution in [0.25, 0.3) is 11.1 Å². The van der Waals surface area contributed by atoms with Crippen LogP contribution in [0.3, 0.4) is 0 Å². The molecule has 0 fully saturated rings. The Morgan fingerprint density at radius 3 is 1.95 bits per heavy atom. The summed E-state index contributed by atoms with van der Waals surface area (Å²) < 4.78 is 45.2. The number of ether oxygens (including phenoxy) is 1. The lowest BCUT2D eigenvalue weighted by Crippen LogP contribution is -2.14. The number of halogens is 1. The van der Waals surface area contributed by atoms with Crippen molar-refractivity contribution in [2.45, 2.75) is 4.90 Å². The number of phenolic OH excluding ortho intramolecular Hbond substituents is 1. The first-order valence-electron chi connectivity index (χ1n) is 10.9. The van der Waals surface area contributed by atoms with E-state index in [4.69, 9.17) is 4.74 Å². The van der Waals surface area contributed by atoms with Crippen LogP contribution in [0, 0.1) is 5.82 Å². The van der Waals surface area contributed by atoms with Crippen molar-refractivity contribution in [1.82, 2.24) is 0 Å². The molecule has 0 radical (unpaired) electrons. The number of nitrogens with one attached hydrogen (secondary N) is 2. The minimum Gasteiger partial charge on any atom is -0.506 e. The molecule has 0 aliphatic rings. The number of carbonyl (C=O) groups excluding carboxylic acids is 2. The lowest BCUT2D eigenvalue weighted by atomic mass is 10.0. The summed E-state index contributed by atoms with van der Waals surface area (Å²) in [5.41, 5.74) is 2.52. The summed E-state index contributed by atoms with van der Waals surface area (Å²) in [5, 5.41) is 12.8. The fourth-order valence-electron chi connectivity index (χ4n) is 3.45. The van der Waals surface area contributed by atoms with Crippen molar-refractivity contribution in [3.8, 4) is 16.9 Å². The Kier molecular flexibility index (Phi) is 7.21. The van der Waals surface area contributed by atoms with E-state index < -0.39 is 27.7 Å². The van der Waals surface area contributed by atoms with Gasteiger partial charge in [0.1, 0.15) is 11.6 Å². The van der Waals surface area contributed by atoms with E-state index in [1.54, 1.807) is 48.5 Å². The summed E-state index contributed by atoms with van der Waals surface area (Å²) >= 11 is 0. The molecule has 1 amide bonds. The van der Waals surface area contributed by atoms with Gasteiger partial charge in [0.25, 0.3) is 15.9 Å². The maximum absolute atomic E-state index is 13.1. The molecule has 0 unspecified atom stereocenters. The quantitative estimate of drug-likeness (QED) is 0.178. The van der Waals surface area contributed by atoms with E-state index in [0.29, 0.717) is 11.1 Å². The highest BCUT2D eigenvalue weighted by atomic mass is 32.2. The number of methoxy groups -OCH3 is 1. The predicted molar refractivity (Wildman–Crippen MR) is 136 cm³/mol. The summed E-state index contributed by atoms with van der Waals surface area (Å²) in [7, 11) is -2.79. The van der Waals surface area contributed by atoms with Gasteiger partial charge in [-0.15, -0.1) is 0 Å². The summed E-state index contributed by atoms with van der Waals surface area (Å²) in [6, 6.07) is 21.7. The third kappa shape index (κ3) is 5.93. The van der Waals surface area contributed by atoms with Gasteiger partial charge in [0.2, 0.25) is 0 Å². The average molecular weight is 521 g/mol. The Hall–Kier alpha value is -4.70. The first-order chi connectivity index (χ1) is 17.7. The molecule has 8 nitrogen and oxygen atoms in total. The Balaban J connectivity index is 1.47. The van der Waals surface area contributed by atoms with E-state index in [2.05, 4.69) is 10.0 Å². The molecule has 4 aromatic carbocycles. The molecule has 0 aliphatic heterocycles. The molecule has 0 saturated heterocycles. The van der Waals surface area contributed by atoms with Crippen LogP contribution in [0.1, 0.15) is 20.7 Å². The Bertz CT molecular complexity index is 1550. The van der Waals surface area contributed by atoms with Crippen LogP contribution in [0.4, 0.5) is 15.8 Å². The number of sulfonamides is 1. The van der Waals surface area contributed by atoms with Gasteiger partial charge in [-0.1, -0.05) is 24.3 Å². The second-order valence-corrected chi connectivity index (χ2v) is 9.57. The Morgan fingerprint density at radius 2 is 1.38 bits per heavy atom. The van der Waals surface area contributed by atoms with E-state index in [0.717, 1.165) is 35.4 Å². The van der Waals surface area contributed by atoms with E-state index in [1.807, 2.05) is 0 Å². The molecule has 0 atom stereocenters. The number of aromatic hydroxyl groups is 1. The summed E-state index contributed by atoms with van der Waals surface area (Å²) in [6.45, 7) is 0. The third-order valence-corrected chi connectivity index (χ3v) is 6.79. The van der Waals surface area contributed by atoms with Crippen molar-refractivity contribution in [1.29, 1.82) is 0 Å². The standard InChI is InChI=1S/C27H21FN2O6S/c1-36-27(33)20-8-4-18(5-9-20)17-2-6-19(7-3-17)26(32)29-22-12-15-25(31)24(16-22)30-37(34,35)23-13-10-21(28)11-14-23/h2-16,30-31H,1H3,(H,29,32). The van der Waals surface area contributed by atoms with Crippen LogP contribution in [-0.2, 0) is 14.8 Å². The topological polar surface area (TPSA) is 122 Å². The smallest absolute Gasteiger partial charge is 0.337 e. The maximum atomic E-state index is 13.1. The lowest BCUT2D eigenvalue weighted by Gasteiger charge is -2.12. The number of amides is 1. The number of rotatable bonds is 7. The molecule has 0 aliphatic carbocycles. The molecule has 0 bridgehead atoms. The first kappa shape index (κ1) is 25.4. The highest BCUT2D eigenvalue weighted by molar-refractivity contribution is 7.92. The average Bonchev–Trinajstić information content (AvgIpc) is 2.90. The zero-order valence-corrected chi connectivity index (χ0v) is 20.3. The number of esters is 1. The zero-order valence-electron chi connectivity index (χ0n) is 19.4. The van der Waals surface area contributed by atoms with Crippen LogP contribution in [0.15, 0.2) is 95.9 Å². The Labute approximate surface area is 212 Å². The van der Waals surface area contributed by atoms with Crippen LogP contribution in [0.2, 0.25) is 0 Å². The molecule has 37 heavy (non-hydrogen) atoms. The highest BCUT2D eigenvalue weighted by Crippen LogP contribution is 2.29. The van der Waals surface area contributed by atoms with Crippen molar-refractivity contribution in [3.63, 3.8) is 0 Å². The maximum Gasteiger partial charge on any atom is 0.337 e. The molecular formula is C27H21FN2O6S. The van der Waals surface area contributed by atoms with Crippen LogP contribution in [0.5, 0.6) is 5.75 Å². The molecule has 4 aromatic rings. The predicted octanol–water partition coefficient (Wildman–Crippen LogP) is 5.04. The fourth-order valence-corrected chi connectivity index (χ4v) is 4.51. The van der Waals surface area contributed by atoms with Crippen molar-refractivity contribution < 1.29 is 32.2 Å². The van der Waals surface area contributed by atoms with Crippen LogP contribution < -0.4 is 10.0 Å². The Morgan fingerprint density at radius 1 is 0.811 bits per heavy atom. The van der Waals surface area contributed by atoms with E-state index in [-0.39, 0.29) is 22.0 Å². The van der Waals surface area contributed by atoms with Gasteiger partial charge in [-0.2, -0.15) is 0 Å². The largest absolute Gasteiger partial charge is 0.506 e. The van der Waals surface area contributed by atoms with Gasteiger partial charge < -0.3 is 15.2 Å². The second-order valence-electron chi connectivity index (χ2n) is 7.89. The number of benzene rings is 4. The first-order valence-corrected chi connectivity index (χ1v) is 12.4. The number of anilines is 2. The zero-order chi connectivity index (χ0) is 26.6. The second kappa shape index (κ2) is 10.5. The van der Waals surface area contributed by atoms with E-state index in [1.165, 1.54) is 25.3 Å². The van der Waals surface area contributed by atoms with E-state index >= 15 is 0 Å².